The molecule has 1 aliphatic heterocycles. The third-order valence-electron chi connectivity index (χ3n) is 4.65. The highest BCUT2D eigenvalue weighted by atomic mass is 79.9. The average Bonchev–Trinajstić information content (AvgIpc) is 3.10. The summed E-state index contributed by atoms with van der Waals surface area (Å²) in [5, 5.41) is 3.36. The van der Waals surface area contributed by atoms with E-state index < -0.39 is 0 Å². The number of hydrogen-bond donors (Lipinski definition) is 1. The number of benzene rings is 1. The predicted molar refractivity (Wildman–Crippen MR) is 93.4 cm³/mol. The summed E-state index contributed by atoms with van der Waals surface area (Å²) < 4.78 is 3.65. The normalized spacial score (nSPS) is 16.5. The van der Waals surface area contributed by atoms with Crippen LogP contribution in [0.15, 0.2) is 27.3 Å². The Bertz CT molecular complexity index is 779. The number of nitrogens with one attached hydrogen (secondary N) is 1. The van der Waals surface area contributed by atoms with E-state index in [9.17, 15) is 4.79 Å². The van der Waals surface area contributed by atoms with Gasteiger partial charge in [0, 0.05) is 36.3 Å². The molecular weight excluding hydrogens is 408 g/mol. The zero-order valence-electron chi connectivity index (χ0n) is 12.1. The van der Waals surface area contributed by atoms with Gasteiger partial charge in [0.25, 0.3) is 5.91 Å². The van der Waals surface area contributed by atoms with E-state index in [1.54, 1.807) is 0 Å². The smallest absolute Gasteiger partial charge is 0.263 e. The molecule has 114 valence electrons. The van der Waals surface area contributed by atoms with Crippen molar-refractivity contribution in [3.8, 4) is 0 Å². The van der Waals surface area contributed by atoms with Gasteiger partial charge in [-0.05, 0) is 74.4 Å². The Morgan fingerprint density at radius 1 is 1.14 bits per heavy atom. The van der Waals surface area contributed by atoms with Gasteiger partial charge < -0.3 is 5.32 Å². The van der Waals surface area contributed by atoms with Crippen molar-refractivity contribution < 1.29 is 4.79 Å². The molecule has 0 atom stereocenters. The van der Waals surface area contributed by atoms with Crippen molar-refractivity contribution in [2.24, 2.45) is 0 Å². The molecule has 2 aromatic rings. The van der Waals surface area contributed by atoms with Crippen LogP contribution in [0.2, 0.25) is 0 Å². The highest BCUT2D eigenvalue weighted by Crippen LogP contribution is 2.35. The first-order chi connectivity index (χ1) is 10.7. The van der Waals surface area contributed by atoms with Crippen LogP contribution in [0.3, 0.4) is 0 Å². The van der Waals surface area contributed by atoms with Crippen molar-refractivity contribution >= 4 is 37.8 Å². The van der Waals surface area contributed by atoms with Crippen molar-refractivity contribution in [2.45, 2.75) is 32.2 Å². The molecule has 0 saturated heterocycles. The summed E-state index contributed by atoms with van der Waals surface area (Å²) in [6, 6.07) is 6.18. The molecule has 1 N–H and O–H groups in total. The summed E-state index contributed by atoms with van der Waals surface area (Å²) in [7, 11) is 0. The number of carbonyl (C=O) groups is 1. The molecule has 22 heavy (non-hydrogen) atoms. The standard InChI is InChI=1S/C17H16Br2N2O/c18-15-13-9-20-7-6-14(13)21(16(15)19)17(22)12-5-4-10-2-1-3-11(10)8-12/h4-5,8,20H,1-3,6-7,9H2. The quantitative estimate of drug-likeness (QED) is 0.756. The van der Waals surface area contributed by atoms with E-state index in [0.29, 0.717) is 0 Å². The van der Waals surface area contributed by atoms with Crippen molar-refractivity contribution in [3.63, 3.8) is 0 Å². The first-order valence-corrected chi connectivity index (χ1v) is 9.20. The van der Waals surface area contributed by atoms with Gasteiger partial charge in [-0.3, -0.25) is 9.36 Å². The van der Waals surface area contributed by atoms with Gasteiger partial charge in [-0.1, -0.05) is 6.07 Å². The summed E-state index contributed by atoms with van der Waals surface area (Å²) in [6.07, 6.45) is 4.31. The van der Waals surface area contributed by atoms with E-state index in [1.807, 2.05) is 10.6 Å². The minimum absolute atomic E-state index is 0.0606. The van der Waals surface area contributed by atoms with Gasteiger partial charge >= 0.3 is 0 Å². The molecule has 5 heteroatoms. The first-order valence-electron chi connectivity index (χ1n) is 7.61. The molecule has 3 nitrogen and oxygen atoms in total. The second-order valence-electron chi connectivity index (χ2n) is 5.93. The van der Waals surface area contributed by atoms with Gasteiger partial charge in [-0.25, -0.2) is 0 Å². The van der Waals surface area contributed by atoms with E-state index >= 15 is 0 Å². The summed E-state index contributed by atoms with van der Waals surface area (Å²) >= 11 is 7.21. The highest BCUT2D eigenvalue weighted by Gasteiger charge is 2.26. The monoisotopic (exact) mass is 422 g/mol. The number of carbonyl (C=O) groups excluding carboxylic acids is 1. The highest BCUT2D eigenvalue weighted by molar-refractivity contribution is 9.13. The van der Waals surface area contributed by atoms with Crippen LogP contribution in [0.5, 0.6) is 0 Å². The summed E-state index contributed by atoms with van der Waals surface area (Å²) in [5.74, 6) is 0.0606. The molecule has 0 bridgehead atoms. The molecule has 1 aliphatic carbocycles. The lowest BCUT2D eigenvalue weighted by Gasteiger charge is -2.16. The Kier molecular flexibility index (Phi) is 3.75. The van der Waals surface area contributed by atoms with Crippen LogP contribution in [-0.4, -0.2) is 17.0 Å². The Morgan fingerprint density at radius 3 is 2.82 bits per heavy atom. The van der Waals surface area contributed by atoms with Crippen molar-refractivity contribution in [1.29, 1.82) is 0 Å². The first kappa shape index (κ1) is 14.7. The van der Waals surface area contributed by atoms with Crippen LogP contribution in [0, 0.1) is 0 Å². The molecular formula is C17H16Br2N2O. The van der Waals surface area contributed by atoms with Gasteiger partial charge in [-0.2, -0.15) is 0 Å². The summed E-state index contributed by atoms with van der Waals surface area (Å²) in [6.45, 7) is 1.71. The number of aryl methyl sites for hydroxylation is 2. The Labute approximate surface area is 146 Å². The second-order valence-corrected chi connectivity index (χ2v) is 7.48. The van der Waals surface area contributed by atoms with Crippen LogP contribution in [-0.2, 0) is 25.8 Å². The number of halogens is 2. The zero-order valence-corrected chi connectivity index (χ0v) is 15.3. The third-order valence-corrected chi connectivity index (χ3v) is 6.79. The number of fused-ring (bicyclic) bond motifs is 2. The molecule has 2 heterocycles. The van der Waals surface area contributed by atoms with Crippen LogP contribution in [0.25, 0.3) is 0 Å². The van der Waals surface area contributed by atoms with E-state index in [2.05, 4.69) is 49.3 Å². The molecule has 1 aromatic heterocycles. The van der Waals surface area contributed by atoms with Gasteiger partial charge in [0.15, 0.2) is 0 Å². The maximum absolute atomic E-state index is 13.0. The van der Waals surface area contributed by atoms with Gasteiger partial charge in [0.2, 0.25) is 0 Å². The lowest BCUT2D eigenvalue weighted by atomic mass is 10.1. The van der Waals surface area contributed by atoms with Crippen LogP contribution >= 0.6 is 31.9 Å². The van der Waals surface area contributed by atoms with Gasteiger partial charge in [-0.15, -0.1) is 0 Å². The molecule has 0 radical (unpaired) electrons. The fourth-order valence-corrected chi connectivity index (χ4v) is 4.67. The Hall–Kier alpha value is -0.910. The molecule has 2 aliphatic rings. The molecule has 0 unspecified atom stereocenters. The third kappa shape index (κ3) is 2.22. The minimum Gasteiger partial charge on any atom is -0.312 e. The fraction of sp³-hybridized carbons (Fsp3) is 0.353. The largest absolute Gasteiger partial charge is 0.312 e. The van der Waals surface area contributed by atoms with E-state index in [1.165, 1.54) is 23.1 Å². The number of rotatable bonds is 1. The topological polar surface area (TPSA) is 34.0 Å². The Morgan fingerprint density at radius 2 is 1.95 bits per heavy atom. The van der Waals surface area contributed by atoms with Crippen LogP contribution in [0.4, 0.5) is 0 Å². The molecule has 0 saturated carbocycles. The second kappa shape index (κ2) is 5.62. The predicted octanol–water partition coefficient (Wildman–Crippen LogP) is 3.84. The lowest BCUT2D eigenvalue weighted by Crippen LogP contribution is -2.26. The molecule has 0 fully saturated rings. The van der Waals surface area contributed by atoms with Crippen molar-refractivity contribution in [3.05, 3.63) is 55.2 Å². The van der Waals surface area contributed by atoms with Crippen LogP contribution < -0.4 is 5.32 Å². The van der Waals surface area contributed by atoms with E-state index in [4.69, 9.17) is 0 Å². The maximum atomic E-state index is 13.0. The number of aromatic nitrogens is 1. The molecule has 0 spiro atoms. The van der Waals surface area contributed by atoms with E-state index in [-0.39, 0.29) is 5.91 Å². The van der Waals surface area contributed by atoms with Gasteiger partial charge in [0.05, 0.1) is 4.47 Å². The van der Waals surface area contributed by atoms with E-state index in [0.717, 1.165) is 52.7 Å². The van der Waals surface area contributed by atoms with Crippen LogP contribution in [0.1, 0.15) is 39.2 Å². The SMILES string of the molecule is O=C(c1ccc2c(c1)CCC2)n1c(Br)c(Br)c2c1CCNC2. The van der Waals surface area contributed by atoms with Crippen molar-refractivity contribution in [2.75, 3.05) is 6.54 Å². The summed E-state index contributed by atoms with van der Waals surface area (Å²) in [4.78, 5) is 13.0. The van der Waals surface area contributed by atoms with Crippen molar-refractivity contribution in [1.82, 2.24) is 9.88 Å². The minimum atomic E-state index is 0.0606. The summed E-state index contributed by atoms with van der Waals surface area (Å²) in [5.41, 5.74) is 5.82. The number of hydrogen-bond acceptors (Lipinski definition) is 2. The lowest BCUT2D eigenvalue weighted by molar-refractivity contribution is 0.0954. The zero-order chi connectivity index (χ0) is 15.3. The molecule has 4 rings (SSSR count). The molecule has 1 aromatic carbocycles. The maximum Gasteiger partial charge on any atom is 0.263 e. The van der Waals surface area contributed by atoms with Gasteiger partial charge in [0.1, 0.15) is 4.60 Å². The fourth-order valence-electron chi connectivity index (χ4n) is 3.51. The average molecular weight is 424 g/mol. The Balaban J connectivity index is 1.80. The number of nitrogens with zero attached hydrogens (tertiary/aromatic N) is 1. The molecule has 0 amide bonds.